The lowest BCUT2D eigenvalue weighted by Gasteiger charge is -2.34. The number of amidine groups is 1. The molecule has 0 atom stereocenters. The van der Waals surface area contributed by atoms with Gasteiger partial charge in [0.05, 0.1) is 33.9 Å². The maximum Gasteiger partial charge on any atom is 0.295 e. The maximum atomic E-state index is 12.7. The number of carbonyl (C=O) groups is 1. The Kier molecular flexibility index (Phi) is 8.54. The van der Waals surface area contributed by atoms with E-state index in [-0.39, 0.29) is 5.91 Å². The molecule has 1 aromatic rings. The van der Waals surface area contributed by atoms with Crippen molar-refractivity contribution in [3.05, 3.63) is 29.8 Å². The summed E-state index contributed by atoms with van der Waals surface area (Å²) in [5.41, 5.74) is 0.474. The molecule has 1 saturated heterocycles. The van der Waals surface area contributed by atoms with Gasteiger partial charge in [0.25, 0.3) is 11.9 Å². The number of quaternary nitrogens is 1. The molecule has 150 valence electrons. The van der Waals surface area contributed by atoms with Gasteiger partial charge < -0.3 is 24.0 Å². The molecule has 0 aromatic heterocycles. The third-order valence-corrected chi connectivity index (χ3v) is 4.83. The van der Waals surface area contributed by atoms with Gasteiger partial charge in [0.2, 0.25) is 0 Å². The first-order valence-corrected chi connectivity index (χ1v) is 9.56. The molecule has 1 aliphatic heterocycles. The molecular weight excluding hydrogens is 346 g/mol. The number of benzene rings is 1. The van der Waals surface area contributed by atoms with E-state index in [1.165, 1.54) is 4.90 Å². The van der Waals surface area contributed by atoms with Crippen LogP contribution in [0.1, 0.15) is 30.1 Å². The summed E-state index contributed by atoms with van der Waals surface area (Å²) in [6, 6.07) is 7.66. The molecule has 1 amide bonds. The topological polar surface area (TPSA) is 64.8 Å². The Morgan fingerprint density at radius 2 is 2.04 bits per heavy atom. The summed E-state index contributed by atoms with van der Waals surface area (Å²) in [7, 11) is 5.73. The number of carbonyl (C=O) groups excluding carboxylic acids is 1. The molecule has 0 aliphatic carbocycles. The lowest BCUT2D eigenvalue weighted by atomic mass is 10.0. The van der Waals surface area contributed by atoms with E-state index in [2.05, 4.69) is 12.0 Å². The Morgan fingerprint density at radius 3 is 2.70 bits per heavy atom. The minimum atomic E-state index is -0.342. The summed E-state index contributed by atoms with van der Waals surface area (Å²) in [4.78, 5) is 20.5. The van der Waals surface area contributed by atoms with Gasteiger partial charge in [-0.1, -0.05) is 6.07 Å². The Balaban J connectivity index is 2.13. The van der Waals surface area contributed by atoms with Crippen molar-refractivity contribution in [2.24, 2.45) is 4.99 Å². The normalized spacial score (nSPS) is 20.2. The number of hydrogen-bond donors (Lipinski definition) is 1. The Morgan fingerprint density at radius 1 is 1.30 bits per heavy atom. The largest absolute Gasteiger partial charge is 0.497 e. The second-order valence-electron chi connectivity index (χ2n) is 6.78. The number of hydrogen-bond acceptors (Lipinski definition) is 4. The van der Waals surface area contributed by atoms with Gasteiger partial charge in [-0.15, -0.1) is 0 Å². The van der Waals surface area contributed by atoms with Crippen molar-refractivity contribution in [1.29, 1.82) is 0 Å². The van der Waals surface area contributed by atoms with Crippen molar-refractivity contribution in [2.45, 2.75) is 25.8 Å². The van der Waals surface area contributed by atoms with Crippen LogP contribution in [-0.2, 0) is 9.47 Å². The van der Waals surface area contributed by atoms with Crippen LogP contribution in [0.4, 0.5) is 0 Å². The molecule has 1 fully saturated rings. The zero-order valence-corrected chi connectivity index (χ0v) is 16.9. The number of nitrogens with one attached hydrogen (secondary N) is 1. The number of ether oxygens (including phenoxy) is 3. The lowest BCUT2D eigenvalue weighted by molar-refractivity contribution is -0.885. The summed E-state index contributed by atoms with van der Waals surface area (Å²) >= 11 is 0. The van der Waals surface area contributed by atoms with Crippen molar-refractivity contribution in [2.75, 3.05) is 54.1 Å². The predicted octanol–water partition coefficient (Wildman–Crippen LogP) is 0.853. The Hall–Kier alpha value is -2.12. The molecule has 0 saturated carbocycles. The summed E-state index contributed by atoms with van der Waals surface area (Å²) in [6.07, 6.45) is 2.09. The van der Waals surface area contributed by atoms with Crippen molar-refractivity contribution >= 4 is 11.9 Å². The number of likely N-dealkylation sites (tertiary alicyclic amines) is 1. The number of methoxy groups -OCH3 is 1. The second-order valence-corrected chi connectivity index (χ2v) is 6.78. The van der Waals surface area contributed by atoms with E-state index in [9.17, 15) is 4.79 Å². The van der Waals surface area contributed by atoms with Gasteiger partial charge in [-0.25, -0.2) is 0 Å². The molecule has 0 radical (unpaired) electrons. The van der Waals surface area contributed by atoms with Crippen LogP contribution in [-0.4, -0.2) is 77.0 Å². The molecule has 1 aliphatic rings. The highest BCUT2D eigenvalue weighted by atomic mass is 16.5. The van der Waals surface area contributed by atoms with Crippen molar-refractivity contribution < 1.29 is 23.9 Å². The predicted molar refractivity (Wildman–Crippen MR) is 105 cm³/mol. The number of amides is 1. The summed E-state index contributed by atoms with van der Waals surface area (Å²) in [6.45, 7) is 5.60. The number of rotatable bonds is 7. The summed E-state index contributed by atoms with van der Waals surface area (Å²) in [5.74, 6) is 0.284. The van der Waals surface area contributed by atoms with Crippen LogP contribution >= 0.6 is 0 Å². The number of aliphatic imine (C=N–C) groups is 1. The number of piperidine rings is 1. The van der Waals surface area contributed by atoms with Gasteiger partial charge in [0.1, 0.15) is 12.4 Å². The highest BCUT2D eigenvalue weighted by Crippen LogP contribution is 2.15. The zero-order valence-electron chi connectivity index (χ0n) is 16.9. The molecule has 7 nitrogen and oxygen atoms in total. The van der Waals surface area contributed by atoms with Crippen LogP contribution in [0.25, 0.3) is 0 Å². The fraction of sp³-hybridized carbons (Fsp3) is 0.600. The van der Waals surface area contributed by atoms with Crippen LogP contribution in [0.2, 0.25) is 0 Å². The first-order valence-electron chi connectivity index (χ1n) is 9.56. The quantitative estimate of drug-likeness (QED) is 0.433. The van der Waals surface area contributed by atoms with Crippen LogP contribution in [0.5, 0.6) is 5.75 Å². The van der Waals surface area contributed by atoms with Crippen LogP contribution in [0.15, 0.2) is 29.3 Å². The van der Waals surface area contributed by atoms with Gasteiger partial charge >= 0.3 is 0 Å². The van der Waals surface area contributed by atoms with Crippen LogP contribution in [0.3, 0.4) is 0 Å². The Labute approximate surface area is 161 Å². The average Bonchev–Trinajstić information content (AvgIpc) is 2.70. The van der Waals surface area contributed by atoms with Gasteiger partial charge in [0.15, 0.2) is 0 Å². The third-order valence-electron chi connectivity index (χ3n) is 4.83. The Bertz CT molecular complexity index is 627. The van der Waals surface area contributed by atoms with Crippen molar-refractivity contribution in [1.82, 2.24) is 4.90 Å². The summed E-state index contributed by atoms with van der Waals surface area (Å²) in [5, 5.41) is 0. The molecule has 0 bridgehead atoms. The van der Waals surface area contributed by atoms with Gasteiger partial charge in [-0.05, 0) is 25.1 Å². The van der Waals surface area contributed by atoms with Crippen LogP contribution in [0, 0.1) is 0 Å². The molecule has 0 spiro atoms. The van der Waals surface area contributed by atoms with Crippen LogP contribution < -0.4 is 9.64 Å². The molecule has 27 heavy (non-hydrogen) atoms. The SMILES string of the molecule is CCOCCOC(=NC(=O)c1cccc(OC)c1)N(C)C1CC[NH+](C)CC1. The fourth-order valence-corrected chi connectivity index (χ4v) is 3.10. The average molecular weight is 378 g/mol. The molecule has 1 heterocycles. The van der Waals surface area contributed by atoms with E-state index in [4.69, 9.17) is 14.2 Å². The third kappa shape index (κ3) is 6.52. The minimum absolute atomic E-state index is 0.317. The van der Waals surface area contributed by atoms with E-state index < -0.39 is 0 Å². The van der Waals surface area contributed by atoms with Gasteiger partial charge in [-0.3, -0.25) is 4.79 Å². The molecule has 2 rings (SSSR count). The number of nitrogens with zero attached hydrogens (tertiary/aromatic N) is 2. The van der Waals surface area contributed by atoms with Gasteiger partial charge in [0, 0.05) is 38.1 Å². The molecule has 7 heteroatoms. The van der Waals surface area contributed by atoms with E-state index >= 15 is 0 Å². The summed E-state index contributed by atoms with van der Waals surface area (Å²) < 4.78 is 16.4. The second kappa shape index (κ2) is 10.9. The molecule has 1 N–H and O–H groups in total. The monoisotopic (exact) mass is 378 g/mol. The standard InChI is InChI=1S/C20H31N3O4/c1-5-26-13-14-27-20(23(3)17-9-11-22(2)12-10-17)21-19(24)16-7-6-8-18(15-16)25-4/h6-8,15,17H,5,9-14H2,1-4H3/p+1. The maximum absolute atomic E-state index is 12.7. The lowest BCUT2D eigenvalue weighted by Crippen LogP contribution is -3.10. The van der Waals surface area contributed by atoms with E-state index in [1.807, 2.05) is 18.9 Å². The molecule has 0 unspecified atom stereocenters. The smallest absolute Gasteiger partial charge is 0.295 e. The highest BCUT2D eigenvalue weighted by Gasteiger charge is 2.26. The van der Waals surface area contributed by atoms with E-state index in [0.717, 1.165) is 25.9 Å². The first kappa shape index (κ1) is 21.2. The zero-order chi connectivity index (χ0) is 19.6. The molecule has 1 aromatic carbocycles. The minimum Gasteiger partial charge on any atom is -0.497 e. The van der Waals surface area contributed by atoms with Crippen molar-refractivity contribution in [3.8, 4) is 5.75 Å². The fourth-order valence-electron chi connectivity index (χ4n) is 3.10. The first-order chi connectivity index (χ1) is 13.0. The van der Waals surface area contributed by atoms with E-state index in [1.54, 1.807) is 31.4 Å². The van der Waals surface area contributed by atoms with Gasteiger partial charge in [-0.2, -0.15) is 4.99 Å². The van der Waals surface area contributed by atoms with Crippen molar-refractivity contribution in [3.63, 3.8) is 0 Å². The van der Waals surface area contributed by atoms with E-state index in [0.29, 0.717) is 43.2 Å². The highest BCUT2D eigenvalue weighted by molar-refractivity contribution is 6.01. The molecular formula is C20H32N3O4+.